The molecule has 0 aromatic heterocycles. The molecule has 0 bridgehead atoms. The maximum atomic E-state index is 6.65. The van der Waals surface area contributed by atoms with Crippen LogP contribution in [0.3, 0.4) is 0 Å². The standard InChI is InChI=1S/C2H6N4S2/c3-1(4)8-6-2(5)7/h(H3,3,4)(H3,5,6,7). The lowest BCUT2D eigenvalue weighted by Gasteiger charge is -1.96. The van der Waals surface area contributed by atoms with Crippen molar-refractivity contribution in [1.29, 1.82) is 5.41 Å². The van der Waals surface area contributed by atoms with Crippen molar-refractivity contribution in [2.24, 2.45) is 11.5 Å². The molecule has 0 amide bonds. The minimum Gasteiger partial charge on any atom is -0.377 e. The highest BCUT2D eigenvalue weighted by atomic mass is 32.2. The molecule has 0 spiro atoms. The molecule has 0 atom stereocenters. The van der Waals surface area contributed by atoms with Crippen molar-refractivity contribution in [2.45, 2.75) is 0 Å². The molecular weight excluding hydrogens is 144 g/mol. The maximum absolute atomic E-state index is 6.65. The summed E-state index contributed by atoms with van der Waals surface area (Å²) in [7, 11) is 0. The summed E-state index contributed by atoms with van der Waals surface area (Å²) in [5.41, 5.74) is 9.90. The first-order valence-electron chi connectivity index (χ1n) is 1.69. The topological polar surface area (TPSA) is 87.9 Å². The van der Waals surface area contributed by atoms with E-state index in [0.29, 0.717) is 0 Å². The van der Waals surface area contributed by atoms with Crippen LogP contribution in [0.2, 0.25) is 0 Å². The number of amidine groups is 1. The summed E-state index contributed by atoms with van der Waals surface area (Å²) in [6.07, 6.45) is 0. The fourth-order valence-corrected chi connectivity index (χ4v) is 0.441. The first-order valence-corrected chi connectivity index (χ1v) is 2.91. The largest absolute Gasteiger partial charge is 0.377 e. The van der Waals surface area contributed by atoms with Crippen LogP contribution in [0.25, 0.3) is 0 Å². The summed E-state index contributed by atoms with van der Waals surface area (Å²) in [4.78, 5) is 0. The molecule has 0 saturated carbocycles. The third-order valence-corrected chi connectivity index (χ3v) is 1.03. The zero-order valence-electron chi connectivity index (χ0n) is 3.97. The van der Waals surface area contributed by atoms with Gasteiger partial charge in [-0.05, 0) is 12.2 Å². The van der Waals surface area contributed by atoms with E-state index in [1.165, 1.54) is 0 Å². The Kier molecular flexibility index (Phi) is 3.29. The van der Waals surface area contributed by atoms with Crippen LogP contribution in [0.15, 0.2) is 0 Å². The van der Waals surface area contributed by atoms with Gasteiger partial charge in [0.1, 0.15) is 0 Å². The third-order valence-electron chi connectivity index (χ3n) is 0.262. The van der Waals surface area contributed by atoms with E-state index < -0.39 is 0 Å². The van der Waals surface area contributed by atoms with Crippen LogP contribution in [0.1, 0.15) is 0 Å². The molecule has 0 aliphatic heterocycles. The molecule has 0 radical (unpaired) electrons. The molecule has 0 aliphatic rings. The van der Waals surface area contributed by atoms with Crippen molar-refractivity contribution >= 4 is 34.4 Å². The van der Waals surface area contributed by atoms with Crippen LogP contribution in [-0.4, -0.2) is 10.3 Å². The maximum Gasteiger partial charge on any atom is 0.174 e. The van der Waals surface area contributed by atoms with Gasteiger partial charge in [0.2, 0.25) is 0 Å². The summed E-state index contributed by atoms with van der Waals surface area (Å²) in [5.74, 6) is 0. The van der Waals surface area contributed by atoms with Crippen LogP contribution < -0.4 is 16.2 Å². The van der Waals surface area contributed by atoms with E-state index in [0.717, 1.165) is 11.9 Å². The summed E-state index contributed by atoms with van der Waals surface area (Å²) in [5, 5.41) is 6.72. The van der Waals surface area contributed by atoms with Crippen molar-refractivity contribution in [2.75, 3.05) is 0 Å². The normalized spacial score (nSPS) is 8.00. The second kappa shape index (κ2) is 3.50. The molecule has 6 heteroatoms. The highest BCUT2D eigenvalue weighted by molar-refractivity contribution is 8.12. The molecule has 0 saturated heterocycles. The lowest BCUT2D eigenvalue weighted by atomic mass is 11.3. The molecular formula is C2H6N4S2. The van der Waals surface area contributed by atoms with E-state index in [2.05, 4.69) is 16.9 Å². The molecule has 4 nitrogen and oxygen atoms in total. The molecule has 0 heterocycles. The fourth-order valence-electron chi connectivity index (χ4n) is 0.105. The second-order valence-electron chi connectivity index (χ2n) is 0.933. The minimum atomic E-state index is -0.0576. The van der Waals surface area contributed by atoms with Gasteiger partial charge in [-0.1, -0.05) is 0 Å². The number of nitrogens with one attached hydrogen (secondary N) is 2. The minimum absolute atomic E-state index is 0.0576. The Balaban J connectivity index is 3.18. The Morgan fingerprint density at radius 2 is 2.12 bits per heavy atom. The number of thiocarbonyl (C=S) groups is 1. The average molecular weight is 150 g/mol. The Hall–Kier alpha value is -0.490. The smallest absolute Gasteiger partial charge is 0.174 e. The van der Waals surface area contributed by atoms with Gasteiger partial charge >= 0.3 is 0 Å². The highest BCUT2D eigenvalue weighted by Gasteiger charge is 1.87. The van der Waals surface area contributed by atoms with E-state index in [9.17, 15) is 0 Å². The predicted molar refractivity (Wildman–Crippen MR) is 39.4 cm³/mol. The SMILES string of the molecule is N=C(N)SNC(N)=S. The van der Waals surface area contributed by atoms with E-state index in [1.807, 2.05) is 0 Å². The molecule has 8 heavy (non-hydrogen) atoms. The van der Waals surface area contributed by atoms with Crippen LogP contribution in [0.4, 0.5) is 0 Å². The fraction of sp³-hybridized carbons (Fsp3) is 0. The second-order valence-corrected chi connectivity index (χ2v) is 2.22. The van der Waals surface area contributed by atoms with Gasteiger partial charge in [0.15, 0.2) is 10.3 Å². The number of hydrogen-bond acceptors (Lipinski definition) is 3. The lowest BCUT2D eigenvalue weighted by molar-refractivity contribution is 1.47. The number of rotatable bonds is 0. The van der Waals surface area contributed by atoms with E-state index in [1.54, 1.807) is 0 Å². The quantitative estimate of drug-likeness (QED) is 0.160. The first kappa shape index (κ1) is 7.51. The van der Waals surface area contributed by atoms with Gasteiger partial charge in [0.25, 0.3) is 0 Å². The molecule has 0 aromatic carbocycles. The Morgan fingerprint density at radius 3 is 2.25 bits per heavy atom. The van der Waals surface area contributed by atoms with Gasteiger partial charge in [-0.15, -0.1) is 0 Å². The zero-order chi connectivity index (χ0) is 6.57. The van der Waals surface area contributed by atoms with Crippen molar-refractivity contribution in [3.8, 4) is 0 Å². The van der Waals surface area contributed by atoms with Crippen LogP contribution >= 0.6 is 24.2 Å². The first-order chi connectivity index (χ1) is 3.63. The highest BCUT2D eigenvalue weighted by Crippen LogP contribution is 1.86. The molecule has 0 unspecified atom stereocenters. The zero-order valence-corrected chi connectivity index (χ0v) is 5.60. The molecule has 46 valence electrons. The Bertz CT molecular complexity index is 96.6. The third kappa shape index (κ3) is 5.51. The van der Waals surface area contributed by atoms with Gasteiger partial charge < -0.3 is 16.2 Å². The van der Waals surface area contributed by atoms with Crippen molar-refractivity contribution < 1.29 is 0 Å². The number of hydrogen-bond donors (Lipinski definition) is 4. The van der Waals surface area contributed by atoms with E-state index in [-0.39, 0.29) is 10.3 Å². The van der Waals surface area contributed by atoms with Crippen LogP contribution in [0, 0.1) is 5.41 Å². The molecule has 0 aromatic rings. The molecule has 6 N–H and O–H groups in total. The predicted octanol–water partition coefficient (Wildman–Crippen LogP) is -0.639. The van der Waals surface area contributed by atoms with Gasteiger partial charge in [-0.25, -0.2) is 0 Å². The van der Waals surface area contributed by atoms with E-state index >= 15 is 0 Å². The summed E-state index contributed by atoms with van der Waals surface area (Å²) < 4.78 is 2.42. The Morgan fingerprint density at radius 1 is 1.62 bits per heavy atom. The number of nitrogens with two attached hydrogens (primary N) is 2. The summed E-state index contributed by atoms with van der Waals surface area (Å²) in [6.45, 7) is 0. The monoisotopic (exact) mass is 150 g/mol. The van der Waals surface area contributed by atoms with Gasteiger partial charge in [0.05, 0.1) is 0 Å². The molecule has 0 fully saturated rings. The van der Waals surface area contributed by atoms with Crippen molar-refractivity contribution in [3.05, 3.63) is 0 Å². The van der Waals surface area contributed by atoms with Crippen molar-refractivity contribution in [1.82, 2.24) is 4.72 Å². The van der Waals surface area contributed by atoms with Crippen LogP contribution in [-0.2, 0) is 0 Å². The molecule has 0 aliphatic carbocycles. The van der Waals surface area contributed by atoms with Crippen molar-refractivity contribution in [3.63, 3.8) is 0 Å². The molecule has 0 rings (SSSR count). The van der Waals surface area contributed by atoms with E-state index in [4.69, 9.17) is 16.9 Å². The van der Waals surface area contributed by atoms with Gasteiger partial charge in [-0.3, -0.25) is 5.41 Å². The lowest BCUT2D eigenvalue weighted by Crippen LogP contribution is -2.25. The Labute approximate surface area is 56.6 Å². The van der Waals surface area contributed by atoms with Crippen LogP contribution in [0.5, 0.6) is 0 Å². The summed E-state index contributed by atoms with van der Waals surface area (Å²) in [6, 6.07) is 0. The average Bonchev–Trinajstić information content (AvgIpc) is 1.61. The van der Waals surface area contributed by atoms with Gasteiger partial charge in [0, 0.05) is 11.9 Å². The summed E-state index contributed by atoms with van der Waals surface area (Å²) >= 11 is 5.29. The van der Waals surface area contributed by atoms with Gasteiger partial charge in [-0.2, -0.15) is 0 Å².